The Balaban J connectivity index is 2.24. The third kappa shape index (κ3) is 2.74. The lowest BCUT2D eigenvalue weighted by molar-refractivity contribution is 0.102. The largest absolute Gasteiger partial charge is 0.322 e. The normalized spacial score (nSPS) is 10.4. The molecule has 0 atom stereocenters. The van der Waals surface area contributed by atoms with E-state index in [4.69, 9.17) is 0 Å². The minimum absolute atomic E-state index is 0.113. The van der Waals surface area contributed by atoms with Crippen molar-refractivity contribution in [1.82, 2.24) is 4.98 Å². The molecule has 0 fully saturated rings. The van der Waals surface area contributed by atoms with E-state index in [2.05, 4.69) is 10.3 Å². The van der Waals surface area contributed by atoms with Crippen LogP contribution in [0, 0.1) is 0 Å². The Kier molecular flexibility index (Phi) is 3.72. The number of pyridine rings is 1. The zero-order valence-corrected chi connectivity index (χ0v) is 10.6. The van der Waals surface area contributed by atoms with Crippen LogP contribution in [0.15, 0.2) is 48.7 Å². The molecular formula is C15H16N2O. The average molecular weight is 240 g/mol. The van der Waals surface area contributed by atoms with Gasteiger partial charge in [-0.1, -0.05) is 32.0 Å². The molecule has 0 saturated carbocycles. The lowest BCUT2D eigenvalue weighted by Gasteiger charge is -2.11. The van der Waals surface area contributed by atoms with Gasteiger partial charge in [0.1, 0.15) is 0 Å². The summed E-state index contributed by atoms with van der Waals surface area (Å²) in [4.78, 5) is 16.5. The van der Waals surface area contributed by atoms with Crippen LogP contribution in [-0.4, -0.2) is 10.9 Å². The van der Waals surface area contributed by atoms with Gasteiger partial charge in [-0.3, -0.25) is 9.78 Å². The number of hydrogen-bond acceptors (Lipinski definition) is 2. The highest BCUT2D eigenvalue weighted by Crippen LogP contribution is 2.17. The maximum absolute atomic E-state index is 12.2. The summed E-state index contributed by atoms with van der Waals surface area (Å²) in [5.74, 6) is 0.112. The van der Waals surface area contributed by atoms with Crippen molar-refractivity contribution in [2.45, 2.75) is 19.8 Å². The molecule has 0 bridgehead atoms. The predicted octanol–water partition coefficient (Wildman–Crippen LogP) is 3.46. The minimum atomic E-state index is -0.113. The maximum Gasteiger partial charge on any atom is 0.257 e. The van der Waals surface area contributed by atoms with Crippen molar-refractivity contribution in [2.75, 3.05) is 5.32 Å². The predicted molar refractivity (Wildman–Crippen MR) is 72.7 cm³/mol. The Morgan fingerprint density at radius 2 is 1.83 bits per heavy atom. The molecule has 2 rings (SSSR count). The van der Waals surface area contributed by atoms with E-state index < -0.39 is 0 Å². The molecule has 0 unspecified atom stereocenters. The van der Waals surface area contributed by atoms with Crippen LogP contribution in [-0.2, 0) is 0 Å². The fourth-order valence-corrected chi connectivity index (χ4v) is 1.79. The van der Waals surface area contributed by atoms with Crippen LogP contribution in [0.3, 0.4) is 0 Å². The molecule has 0 radical (unpaired) electrons. The number of anilines is 1. The fourth-order valence-electron chi connectivity index (χ4n) is 1.79. The SMILES string of the molecule is CC(C)c1ncccc1C(=O)Nc1ccccc1. The molecule has 2 aromatic rings. The Hall–Kier alpha value is -2.16. The van der Waals surface area contributed by atoms with Crippen LogP contribution in [0.25, 0.3) is 0 Å². The Morgan fingerprint density at radius 1 is 1.11 bits per heavy atom. The van der Waals surface area contributed by atoms with E-state index in [1.54, 1.807) is 18.3 Å². The second kappa shape index (κ2) is 5.45. The van der Waals surface area contributed by atoms with Crippen LogP contribution < -0.4 is 5.32 Å². The van der Waals surface area contributed by atoms with Crippen molar-refractivity contribution in [3.05, 3.63) is 59.9 Å². The molecule has 1 aromatic carbocycles. The van der Waals surface area contributed by atoms with Gasteiger partial charge in [-0.2, -0.15) is 0 Å². The number of carbonyl (C=O) groups is 1. The summed E-state index contributed by atoms with van der Waals surface area (Å²) in [6.07, 6.45) is 1.72. The number of carbonyl (C=O) groups excluding carboxylic acids is 1. The van der Waals surface area contributed by atoms with Crippen molar-refractivity contribution in [3.63, 3.8) is 0 Å². The first-order valence-corrected chi connectivity index (χ1v) is 6.00. The van der Waals surface area contributed by atoms with Gasteiger partial charge in [0.2, 0.25) is 0 Å². The van der Waals surface area contributed by atoms with E-state index in [9.17, 15) is 4.79 Å². The first kappa shape index (κ1) is 12.3. The zero-order chi connectivity index (χ0) is 13.0. The number of aromatic nitrogens is 1. The monoisotopic (exact) mass is 240 g/mol. The van der Waals surface area contributed by atoms with Crippen LogP contribution in [0.4, 0.5) is 5.69 Å². The zero-order valence-electron chi connectivity index (χ0n) is 10.6. The summed E-state index contributed by atoms with van der Waals surface area (Å²) < 4.78 is 0. The number of nitrogens with one attached hydrogen (secondary N) is 1. The van der Waals surface area contributed by atoms with E-state index in [1.807, 2.05) is 44.2 Å². The molecule has 1 heterocycles. The molecule has 92 valence electrons. The Labute approximate surface area is 107 Å². The average Bonchev–Trinajstić information content (AvgIpc) is 2.40. The molecule has 0 spiro atoms. The Bertz CT molecular complexity index is 535. The van der Waals surface area contributed by atoms with Crippen molar-refractivity contribution < 1.29 is 4.79 Å². The molecule has 1 N–H and O–H groups in total. The van der Waals surface area contributed by atoms with Gasteiger partial charge in [-0.25, -0.2) is 0 Å². The molecule has 1 aromatic heterocycles. The third-order valence-electron chi connectivity index (χ3n) is 2.66. The summed E-state index contributed by atoms with van der Waals surface area (Å²) in [5, 5.41) is 2.87. The highest BCUT2D eigenvalue weighted by Gasteiger charge is 2.14. The summed E-state index contributed by atoms with van der Waals surface area (Å²) in [7, 11) is 0. The standard InChI is InChI=1S/C15H16N2O/c1-11(2)14-13(9-6-10-16-14)15(18)17-12-7-4-3-5-8-12/h3-11H,1-2H3,(H,17,18). The molecule has 18 heavy (non-hydrogen) atoms. The van der Waals surface area contributed by atoms with Gasteiger partial charge in [0.25, 0.3) is 5.91 Å². The van der Waals surface area contributed by atoms with E-state index in [0.29, 0.717) is 5.56 Å². The van der Waals surface area contributed by atoms with Gasteiger partial charge in [-0.05, 0) is 30.2 Å². The van der Waals surface area contributed by atoms with Gasteiger partial charge < -0.3 is 5.32 Å². The van der Waals surface area contributed by atoms with Crippen molar-refractivity contribution in [3.8, 4) is 0 Å². The second-order valence-electron chi connectivity index (χ2n) is 4.41. The van der Waals surface area contributed by atoms with E-state index in [1.165, 1.54) is 0 Å². The first-order valence-electron chi connectivity index (χ1n) is 6.00. The Morgan fingerprint density at radius 3 is 2.50 bits per heavy atom. The van der Waals surface area contributed by atoms with Gasteiger partial charge in [-0.15, -0.1) is 0 Å². The molecule has 0 saturated heterocycles. The molecule has 0 aliphatic rings. The van der Waals surface area contributed by atoms with Crippen molar-refractivity contribution in [1.29, 1.82) is 0 Å². The summed E-state index contributed by atoms with van der Waals surface area (Å²) in [5.41, 5.74) is 2.25. The molecule has 3 nitrogen and oxygen atoms in total. The van der Waals surface area contributed by atoms with Crippen LogP contribution in [0.1, 0.15) is 35.8 Å². The molecule has 0 aliphatic carbocycles. The van der Waals surface area contributed by atoms with Crippen molar-refractivity contribution in [2.24, 2.45) is 0 Å². The van der Waals surface area contributed by atoms with E-state index in [-0.39, 0.29) is 11.8 Å². The van der Waals surface area contributed by atoms with Gasteiger partial charge in [0, 0.05) is 11.9 Å². The first-order chi connectivity index (χ1) is 8.68. The summed E-state index contributed by atoms with van der Waals surface area (Å²) >= 11 is 0. The highest BCUT2D eigenvalue weighted by atomic mass is 16.1. The summed E-state index contributed by atoms with van der Waals surface area (Å²) in [6.45, 7) is 4.06. The topological polar surface area (TPSA) is 42.0 Å². The van der Waals surface area contributed by atoms with Gasteiger partial charge >= 0.3 is 0 Å². The number of rotatable bonds is 3. The molecule has 1 amide bonds. The van der Waals surface area contributed by atoms with Gasteiger partial charge in [0.05, 0.1) is 11.3 Å². The van der Waals surface area contributed by atoms with E-state index in [0.717, 1.165) is 11.4 Å². The van der Waals surface area contributed by atoms with Gasteiger partial charge in [0.15, 0.2) is 0 Å². The van der Waals surface area contributed by atoms with Crippen molar-refractivity contribution >= 4 is 11.6 Å². The van der Waals surface area contributed by atoms with Crippen LogP contribution >= 0.6 is 0 Å². The molecule has 0 aliphatic heterocycles. The van der Waals surface area contributed by atoms with Crippen LogP contribution in [0.5, 0.6) is 0 Å². The summed E-state index contributed by atoms with van der Waals surface area (Å²) in [6, 6.07) is 13.0. The number of hydrogen-bond donors (Lipinski definition) is 1. The van der Waals surface area contributed by atoms with E-state index >= 15 is 0 Å². The number of benzene rings is 1. The van der Waals surface area contributed by atoms with Crippen LogP contribution in [0.2, 0.25) is 0 Å². The highest BCUT2D eigenvalue weighted by molar-refractivity contribution is 6.05. The molecular weight excluding hydrogens is 224 g/mol. The maximum atomic E-state index is 12.2. The molecule has 3 heteroatoms. The quantitative estimate of drug-likeness (QED) is 0.892. The fraction of sp³-hybridized carbons (Fsp3) is 0.200. The third-order valence-corrected chi connectivity index (χ3v) is 2.66. The number of amides is 1. The second-order valence-corrected chi connectivity index (χ2v) is 4.41. The number of para-hydroxylation sites is 1. The lowest BCUT2D eigenvalue weighted by Crippen LogP contribution is -2.15. The lowest BCUT2D eigenvalue weighted by atomic mass is 10.0. The smallest absolute Gasteiger partial charge is 0.257 e. The minimum Gasteiger partial charge on any atom is -0.322 e. The number of nitrogens with zero attached hydrogens (tertiary/aromatic N) is 1.